The zero-order valence-corrected chi connectivity index (χ0v) is 15.9. The van der Waals surface area contributed by atoms with E-state index in [0.717, 1.165) is 22.4 Å². The van der Waals surface area contributed by atoms with Crippen LogP contribution in [-0.4, -0.2) is 36.1 Å². The second-order valence-corrected chi connectivity index (χ2v) is 6.52. The van der Waals surface area contributed by atoms with Crippen molar-refractivity contribution in [1.82, 2.24) is 0 Å². The molecule has 0 bridgehead atoms. The van der Waals surface area contributed by atoms with Crippen LogP contribution in [0.5, 0.6) is 11.5 Å². The quantitative estimate of drug-likeness (QED) is 0.596. The minimum atomic E-state index is -1.14. The Hall–Kier alpha value is -2.56. The first-order valence-electron chi connectivity index (χ1n) is 8.97. The molecule has 144 valence electrons. The Labute approximate surface area is 161 Å². The van der Waals surface area contributed by atoms with E-state index >= 15 is 0 Å². The third-order valence-corrected chi connectivity index (χ3v) is 4.44. The van der Waals surface area contributed by atoms with Gasteiger partial charge in [-0.25, -0.2) is 0 Å². The van der Waals surface area contributed by atoms with Crippen molar-refractivity contribution in [2.24, 2.45) is 0 Å². The predicted octanol–water partition coefficient (Wildman–Crippen LogP) is 3.50. The van der Waals surface area contributed by atoms with Crippen LogP contribution in [0.4, 0.5) is 0 Å². The molecule has 0 atom stereocenters. The third-order valence-electron chi connectivity index (χ3n) is 4.44. The van der Waals surface area contributed by atoms with E-state index in [-0.39, 0.29) is 13.2 Å². The van der Waals surface area contributed by atoms with E-state index in [2.05, 4.69) is 13.2 Å². The zero-order valence-electron chi connectivity index (χ0n) is 15.9. The number of methoxy groups -OCH3 is 1. The molecule has 0 heterocycles. The minimum Gasteiger partial charge on any atom is -0.497 e. The van der Waals surface area contributed by atoms with Gasteiger partial charge in [0, 0.05) is 17.5 Å². The lowest BCUT2D eigenvalue weighted by Crippen LogP contribution is -2.46. The lowest BCUT2D eigenvalue weighted by molar-refractivity contribution is -0.0343. The van der Waals surface area contributed by atoms with E-state index in [1.54, 1.807) is 19.3 Å². The van der Waals surface area contributed by atoms with Crippen molar-refractivity contribution in [2.45, 2.75) is 24.9 Å². The molecule has 4 nitrogen and oxygen atoms in total. The molecule has 0 amide bonds. The van der Waals surface area contributed by atoms with Gasteiger partial charge in [-0.3, -0.25) is 0 Å². The summed E-state index contributed by atoms with van der Waals surface area (Å²) in [7, 11) is 1.62. The molecule has 2 aromatic carbocycles. The first kappa shape index (κ1) is 20.7. The Kier molecular flexibility index (Phi) is 7.65. The molecule has 0 fully saturated rings. The Balaban J connectivity index is 2.49. The predicted molar refractivity (Wildman–Crippen MR) is 108 cm³/mol. The minimum absolute atomic E-state index is 0.314. The molecule has 0 saturated carbocycles. The van der Waals surface area contributed by atoms with E-state index in [0.29, 0.717) is 25.0 Å². The van der Waals surface area contributed by atoms with Gasteiger partial charge in [-0.15, -0.1) is 13.2 Å². The lowest BCUT2D eigenvalue weighted by Gasteiger charge is -2.33. The number of hydrogen-bond donors (Lipinski definition) is 2. The van der Waals surface area contributed by atoms with Gasteiger partial charge in [0.2, 0.25) is 0 Å². The number of hydrogen-bond acceptors (Lipinski definition) is 4. The van der Waals surface area contributed by atoms with Crippen molar-refractivity contribution in [3.8, 4) is 11.5 Å². The van der Waals surface area contributed by atoms with Gasteiger partial charge in [0.1, 0.15) is 11.5 Å². The van der Waals surface area contributed by atoms with E-state index in [1.165, 1.54) is 0 Å². The molecule has 2 aromatic rings. The second-order valence-electron chi connectivity index (χ2n) is 6.52. The molecule has 4 heteroatoms. The van der Waals surface area contributed by atoms with Crippen LogP contribution in [0.25, 0.3) is 0 Å². The van der Waals surface area contributed by atoms with Crippen LogP contribution in [0.3, 0.4) is 0 Å². The lowest BCUT2D eigenvalue weighted by atomic mass is 9.94. The summed E-state index contributed by atoms with van der Waals surface area (Å²) in [6, 6.07) is 13.5. The zero-order chi connectivity index (χ0) is 19.7. The molecule has 0 spiro atoms. The molecule has 2 rings (SSSR count). The summed E-state index contributed by atoms with van der Waals surface area (Å²) in [5.41, 5.74) is 1.62. The molecular weight excluding hydrogens is 340 g/mol. The fourth-order valence-electron chi connectivity index (χ4n) is 3.03. The fourth-order valence-corrected chi connectivity index (χ4v) is 3.03. The maximum atomic E-state index is 10.1. The third kappa shape index (κ3) is 5.22. The Morgan fingerprint density at radius 1 is 0.963 bits per heavy atom. The van der Waals surface area contributed by atoms with E-state index in [1.807, 2.05) is 42.5 Å². The Morgan fingerprint density at radius 2 is 1.52 bits per heavy atom. The van der Waals surface area contributed by atoms with Gasteiger partial charge in [-0.1, -0.05) is 42.5 Å². The molecule has 0 aromatic heterocycles. The number of aliphatic hydroxyl groups is 2. The number of ether oxygens (including phenoxy) is 2. The van der Waals surface area contributed by atoms with Crippen LogP contribution in [0.1, 0.15) is 16.7 Å². The molecule has 0 radical (unpaired) electrons. The standard InChI is InChI=1S/C23H28O4/c1-4-9-19-13-21(26-3)14-20(10-5-2)22(19)27-23(16-24,17-25)15-18-11-7-6-8-12-18/h4-8,11-14,24-25H,1-2,9-10,15-17H2,3H3. The van der Waals surface area contributed by atoms with Crippen LogP contribution < -0.4 is 9.47 Å². The smallest absolute Gasteiger partial charge is 0.159 e. The maximum absolute atomic E-state index is 10.1. The van der Waals surface area contributed by atoms with Gasteiger partial charge in [-0.2, -0.15) is 0 Å². The monoisotopic (exact) mass is 368 g/mol. The average molecular weight is 368 g/mol. The molecule has 0 saturated heterocycles. The highest BCUT2D eigenvalue weighted by Crippen LogP contribution is 2.34. The van der Waals surface area contributed by atoms with Gasteiger partial charge < -0.3 is 19.7 Å². The molecule has 0 aliphatic carbocycles. The number of allylic oxidation sites excluding steroid dienone is 2. The first-order valence-corrected chi connectivity index (χ1v) is 8.97. The van der Waals surface area contributed by atoms with Crippen LogP contribution in [0.2, 0.25) is 0 Å². The maximum Gasteiger partial charge on any atom is 0.159 e. The largest absolute Gasteiger partial charge is 0.497 e. The summed E-state index contributed by atoms with van der Waals surface area (Å²) in [5, 5.41) is 20.2. The van der Waals surface area contributed by atoms with Crippen molar-refractivity contribution in [3.63, 3.8) is 0 Å². The number of aliphatic hydroxyl groups excluding tert-OH is 2. The summed E-state index contributed by atoms with van der Waals surface area (Å²) >= 11 is 0. The van der Waals surface area contributed by atoms with Gasteiger partial charge in [-0.05, 0) is 30.5 Å². The highest BCUT2D eigenvalue weighted by atomic mass is 16.5. The molecule has 0 unspecified atom stereocenters. The van der Waals surface area contributed by atoms with Crippen molar-refractivity contribution in [2.75, 3.05) is 20.3 Å². The summed E-state index contributed by atoms with van der Waals surface area (Å²) in [4.78, 5) is 0. The summed E-state index contributed by atoms with van der Waals surface area (Å²) in [5.74, 6) is 1.35. The first-order chi connectivity index (χ1) is 13.1. The Morgan fingerprint density at radius 3 is 1.96 bits per heavy atom. The van der Waals surface area contributed by atoms with Crippen molar-refractivity contribution >= 4 is 0 Å². The number of rotatable bonds is 11. The SMILES string of the molecule is C=CCc1cc(OC)cc(CC=C)c1OC(CO)(CO)Cc1ccccc1. The van der Waals surface area contributed by atoms with Gasteiger partial charge in [0.05, 0.1) is 20.3 Å². The van der Waals surface area contributed by atoms with E-state index < -0.39 is 5.60 Å². The summed E-state index contributed by atoms with van der Waals surface area (Å²) < 4.78 is 11.7. The molecule has 27 heavy (non-hydrogen) atoms. The average Bonchev–Trinajstić information content (AvgIpc) is 2.70. The molecular formula is C23H28O4. The molecule has 2 N–H and O–H groups in total. The second kappa shape index (κ2) is 9.95. The Bertz CT molecular complexity index is 717. The van der Waals surface area contributed by atoms with Crippen molar-refractivity contribution < 1.29 is 19.7 Å². The van der Waals surface area contributed by atoms with Crippen molar-refractivity contribution in [1.29, 1.82) is 0 Å². The van der Waals surface area contributed by atoms with E-state index in [9.17, 15) is 10.2 Å². The van der Waals surface area contributed by atoms with Crippen LogP contribution in [-0.2, 0) is 19.3 Å². The summed E-state index contributed by atoms with van der Waals surface area (Å²) in [6.07, 6.45) is 5.12. The van der Waals surface area contributed by atoms with E-state index in [4.69, 9.17) is 9.47 Å². The van der Waals surface area contributed by atoms with Gasteiger partial charge >= 0.3 is 0 Å². The van der Waals surface area contributed by atoms with Crippen LogP contribution in [0.15, 0.2) is 67.8 Å². The van der Waals surface area contributed by atoms with Gasteiger partial charge in [0.25, 0.3) is 0 Å². The highest BCUT2D eigenvalue weighted by molar-refractivity contribution is 5.49. The highest BCUT2D eigenvalue weighted by Gasteiger charge is 2.33. The summed E-state index contributed by atoms with van der Waals surface area (Å²) in [6.45, 7) is 7.01. The van der Waals surface area contributed by atoms with Gasteiger partial charge in [0.15, 0.2) is 5.60 Å². The molecule has 0 aliphatic rings. The number of benzene rings is 2. The topological polar surface area (TPSA) is 58.9 Å². The normalized spacial score (nSPS) is 11.1. The van der Waals surface area contributed by atoms with Crippen molar-refractivity contribution in [3.05, 3.63) is 84.5 Å². The fraction of sp³-hybridized carbons (Fsp3) is 0.304. The van der Waals surface area contributed by atoms with Crippen LogP contribution in [0, 0.1) is 0 Å². The van der Waals surface area contributed by atoms with Crippen LogP contribution >= 0.6 is 0 Å². The molecule has 0 aliphatic heterocycles.